The number of carbonyl (C=O) groups is 2. The molecule has 114 valence electrons. The second-order valence-corrected chi connectivity index (χ2v) is 5.25. The lowest BCUT2D eigenvalue weighted by atomic mass is 10.1. The molecule has 1 aromatic carbocycles. The molecule has 1 heterocycles. The van der Waals surface area contributed by atoms with Gasteiger partial charge in [0.05, 0.1) is 0 Å². The minimum Gasteiger partial charge on any atom is -0.340 e. The number of hydrazine groups is 1. The van der Waals surface area contributed by atoms with Crippen molar-refractivity contribution in [3.63, 3.8) is 0 Å². The highest BCUT2D eigenvalue weighted by Crippen LogP contribution is 2.21. The van der Waals surface area contributed by atoms with Crippen molar-refractivity contribution >= 4 is 11.8 Å². The van der Waals surface area contributed by atoms with E-state index in [2.05, 4.69) is 24.0 Å². The van der Waals surface area contributed by atoms with Gasteiger partial charge in [0, 0.05) is 32.2 Å². The highest BCUT2D eigenvalue weighted by molar-refractivity contribution is 5.96. The first-order chi connectivity index (χ1) is 10.1. The second kappa shape index (κ2) is 7.19. The number of hydrogen-bond donors (Lipinski definition) is 2. The number of nitrogens with two attached hydrogens (primary N) is 1. The smallest absolute Gasteiger partial charge is 0.243 e. The van der Waals surface area contributed by atoms with Gasteiger partial charge in [-0.1, -0.05) is 30.3 Å². The zero-order chi connectivity index (χ0) is 15.2. The molecule has 3 N–H and O–H groups in total. The highest BCUT2D eigenvalue weighted by Gasteiger charge is 2.25. The van der Waals surface area contributed by atoms with E-state index >= 15 is 0 Å². The van der Waals surface area contributed by atoms with Crippen molar-refractivity contribution in [3.05, 3.63) is 35.9 Å². The van der Waals surface area contributed by atoms with E-state index in [1.807, 2.05) is 23.6 Å². The zero-order valence-corrected chi connectivity index (χ0v) is 12.3. The van der Waals surface area contributed by atoms with Crippen LogP contribution in [0.3, 0.4) is 0 Å². The predicted octanol–water partition coefficient (Wildman–Crippen LogP) is 0.272. The Bertz CT molecular complexity index is 484. The summed E-state index contributed by atoms with van der Waals surface area (Å²) in [5, 5.41) is 0. The van der Waals surface area contributed by atoms with Gasteiger partial charge in [0.15, 0.2) is 0 Å². The Hall–Kier alpha value is -1.92. The Kier molecular flexibility index (Phi) is 5.30. The van der Waals surface area contributed by atoms with E-state index in [0.717, 1.165) is 13.1 Å². The lowest BCUT2D eigenvalue weighted by molar-refractivity contribution is -0.137. The minimum absolute atomic E-state index is 0.162. The third kappa shape index (κ3) is 4.03. The number of amides is 2. The molecule has 2 amide bonds. The highest BCUT2D eigenvalue weighted by atomic mass is 16.2. The van der Waals surface area contributed by atoms with Crippen LogP contribution in [0.1, 0.15) is 24.9 Å². The summed E-state index contributed by atoms with van der Waals surface area (Å²) in [6.07, 6.45) is -0.176. The standard InChI is InChI=1S/C15H22N4O2/c1-12(13-5-3-2-4-6-13)18-7-9-19(10-8-18)15(21)11-14(20)17-16/h2-6,12H,7-11,16H2,1H3,(H,17,20). The topological polar surface area (TPSA) is 78.7 Å². The molecule has 1 aliphatic rings. The summed E-state index contributed by atoms with van der Waals surface area (Å²) in [6.45, 7) is 5.09. The molecule has 0 spiro atoms. The van der Waals surface area contributed by atoms with E-state index in [1.165, 1.54) is 5.56 Å². The van der Waals surface area contributed by atoms with E-state index in [0.29, 0.717) is 19.1 Å². The molecule has 1 unspecified atom stereocenters. The molecule has 1 saturated heterocycles. The van der Waals surface area contributed by atoms with Crippen molar-refractivity contribution in [1.29, 1.82) is 0 Å². The molecule has 2 rings (SSSR count). The molecule has 1 fully saturated rings. The van der Waals surface area contributed by atoms with Gasteiger partial charge in [0.1, 0.15) is 6.42 Å². The first kappa shape index (κ1) is 15.5. The van der Waals surface area contributed by atoms with E-state index in [1.54, 1.807) is 4.90 Å². The van der Waals surface area contributed by atoms with E-state index < -0.39 is 5.91 Å². The molecule has 6 heteroatoms. The number of nitrogens with zero attached hydrogens (tertiary/aromatic N) is 2. The van der Waals surface area contributed by atoms with Crippen LogP contribution in [-0.2, 0) is 9.59 Å². The van der Waals surface area contributed by atoms with Gasteiger partial charge in [0.25, 0.3) is 0 Å². The molecule has 0 aliphatic carbocycles. The van der Waals surface area contributed by atoms with Crippen LogP contribution in [0.4, 0.5) is 0 Å². The quantitative estimate of drug-likeness (QED) is 0.361. The van der Waals surface area contributed by atoms with Gasteiger partial charge >= 0.3 is 0 Å². The van der Waals surface area contributed by atoms with Crippen molar-refractivity contribution in [1.82, 2.24) is 15.2 Å². The maximum absolute atomic E-state index is 11.9. The normalized spacial score (nSPS) is 17.3. The molecule has 1 aliphatic heterocycles. The third-order valence-electron chi connectivity index (χ3n) is 3.97. The maximum atomic E-state index is 11.9. The van der Waals surface area contributed by atoms with Gasteiger partial charge in [-0.3, -0.25) is 19.9 Å². The van der Waals surface area contributed by atoms with E-state index in [4.69, 9.17) is 5.84 Å². The van der Waals surface area contributed by atoms with Crippen LogP contribution in [0.15, 0.2) is 30.3 Å². The number of benzene rings is 1. The summed E-state index contributed by atoms with van der Waals surface area (Å²) in [5.74, 6) is 4.39. The summed E-state index contributed by atoms with van der Waals surface area (Å²) < 4.78 is 0. The molecule has 0 radical (unpaired) electrons. The van der Waals surface area contributed by atoms with Crippen LogP contribution in [0.2, 0.25) is 0 Å². The van der Waals surface area contributed by atoms with Gasteiger partial charge in [-0.15, -0.1) is 0 Å². The Morgan fingerprint density at radius 2 is 1.81 bits per heavy atom. The lowest BCUT2D eigenvalue weighted by Gasteiger charge is -2.38. The summed E-state index contributed by atoms with van der Waals surface area (Å²) >= 11 is 0. The van der Waals surface area contributed by atoms with E-state index in [9.17, 15) is 9.59 Å². The van der Waals surface area contributed by atoms with Crippen molar-refractivity contribution in [2.75, 3.05) is 26.2 Å². The summed E-state index contributed by atoms with van der Waals surface area (Å²) in [5.41, 5.74) is 3.26. The Balaban J connectivity index is 1.86. The molecular weight excluding hydrogens is 268 g/mol. The predicted molar refractivity (Wildman–Crippen MR) is 80.0 cm³/mol. The monoisotopic (exact) mass is 290 g/mol. The van der Waals surface area contributed by atoms with Crippen molar-refractivity contribution in [2.45, 2.75) is 19.4 Å². The molecular formula is C15H22N4O2. The SMILES string of the molecule is CC(c1ccccc1)N1CCN(C(=O)CC(=O)NN)CC1. The number of hydrogen-bond acceptors (Lipinski definition) is 4. The second-order valence-electron chi connectivity index (χ2n) is 5.25. The molecule has 21 heavy (non-hydrogen) atoms. The zero-order valence-electron chi connectivity index (χ0n) is 12.3. The first-order valence-electron chi connectivity index (χ1n) is 7.18. The number of nitrogens with one attached hydrogen (secondary N) is 1. The maximum Gasteiger partial charge on any atom is 0.243 e. The average Bonchev–Trinajstić information content (AvgIpc) is 2.55. The molecule has 0 saturated carbocycles. The van der Waals surface area contributed by atoms with Crippen molar-refractivity contribution < 1.29 is 9.59 Å². The molecule has 0 aromatic heterocycles. The van der Waals surface area contributed by atoms with Crippen LogP contribution in [0.25, 0.3) is 0 Å². The lowest BCUT2D eigenvalue weighted by Crippen LogP contribution is -2.50. The number of piperazine rings is 1. The fourth-order valence-corrected chi connectivity index (χ4v) is 2.60. The minimum atomic E-state index is -0.444. The Morgan fingerprint density at radius 3 is 2.38 bits per heavy atom. The van der Waals surface area contributed by atoms with Crippen LogP contribution in [0.5, 0.6) is 0 Å². The molecule has 6 nitrogen and oxygen atoms in total. The van der Waals surface area contributed by atoms with Gasteiger partial charge in [-0.25, -0.2) is 5.84 Å². The van der Waals surface area contributed by atoms with Crippen LogP contribution >= 0.6 is 0 Å². The average molecular weight is 290 g/mol. The largest absolute Gasteiger partial charge is 0.340 e. The summed E-state index contributed by atoms with van der Waals surface area (Å²) in [4.78, 5) is 27.1. The van der Waals surface area contributed by atoms with Gasteiger partial charge in [-0.2, -0.15) is 0 Å². The van der Waals surface area contributed by atoms with Crippen LogP contribution in [-0.4, -0.2) is 47.8 Å². The van der Waals surface area contributed by atoms with Gasteiger partial charge in [0.2, 0.25) is 11.8 Å². The molecule has 0 bridgehead atoms. The summed E-state index contributed by atoms with van der Waals surface area (Å²) in [7, 11) is 0. The van der Waals surface area contributed by atoms with Crippen molar-refractivity contribution in [3.8, 4) is 0 Å². The van der Waals surface area contributed by atoms with E-state index in [-0.39, 0.29) is 12.3 Å². The fraction of sp³-hybridized carbons (Fsp3) is 0.467. The number of carbonyl (C=O) groups excluding carboxylic acids is 2. The van der Waals surface area contributed by atoms with Crippen LogP contribution in [0, 0.1) is 0 Å². The third-order valence-corrected chi connectivity index (χ3v) is 3.97. The first-order valence-corrected chi connectivity index (χ1v) is 7.18. The fourth-order valence-electron chi connectivity index (χ4n) is 2.60. The van der Waals surface area contributed by atoms with Crippen molar-refractivity contribution in [2.24, 2.45) is 5.84 Å². The Morgan fingerprint density at radius 1 is 1.19 bits per heavy atom. The number of rotatable bonds is 4. The van der Waals surface area contributed by atoms with Crippen LogP contribution < -0.4 is 11.3 Å². The summed E-state index contributed by atoms with van der Waals surface area (Å²) in [6, 6.07) is 10.7. The molecule has 1 atom stereocenters. The molecule has 1 aromatic rings. The van der Waals surface area contributed by atoms with Gasteiger partial charge in [-0.05, 0) is 12.5 Å². The Labute approximate surface area is 124 Å². The van der Waals surface area contributed by atoms with Gasteiger partial charge < -0.3 is 4.90 Å².